The minimum absolute atomic E-state index is 0.292. The van der Waals surface area contributed by atoms with Gasteiger partial charge in [-0.2, -0.15) is 0 Å². The van der Waals surface area contributed by atoms with E-state index in [2.05, 4.69) is 0 Å². The molecule has 0 radical (unpaired) electrons. The van der Waals surface area contributed by atoms with Crippen molar-refractivity contribution < 1.29 is 28.4 Å². The Labute approximate surface area is 195 Å². The monoisotopic (exact) mass is 452 g/mol. The topological polar surface area (TPSA) is 55.4 Å². The van der Waals surface area contributed by atoms with Gasteiger partial charge < -0.3 is 28.4 Å². The van der Waals surface area contributed by atoms with Crippen LogP contribution in [0.5, 0.6) is 0 Å². The molecule has 33 heavy (non-hydrogen) atoms. The average Bonchev–Trinajstić information content (AvgIpc) is 3.29. The van der Waals surface area contributed by atoms with E-state index in [1.165, 1.54) is 0 Å². The van der Waals surface area contributed by atoms with Crippen molar-refractivity contribution in [1.29, 1.82) is 0 Å². The van der Waals surface area contributed by atoms with E-state index >= 15 is 0 Å². The lowest BCUT2D eigenvalue weighted by atomic mass is 10.1. The molecule has 0 spiro atoms. The largest absolute Gasteiger partial charge is 0.497 e. The van der Waals surface area contributed by atoms with Gasteiger partial charge in [-0.1, -0.05) is 66.7 Å². The van der Waals surface area contributed by atoms with Gasteiger partial charge in [0.1, 0.15) is 24.9 Å². The van der Waals surface area contributed by atoms with Crippen LogP contribution in [0.2, 0.25) is 0 Å². The molecule has 2 aliphatic rings. The summed E-state index contributed by atoms with van der Waals surface area (Å²) < 4.78 is 35.4. The standard InChI is InChI=1S/C27H32O6/c1-27(2)32-25-24(30-20-22-13-7-4-8-14-22)23(31-26(25)33-27)15-18-28-16-9-10-17-29-19-21-11-5-3-6-12-21/h3-15,18,23-26H,16-17,19-20H2,1-2H3/b10-9+,18-15+/t23-,24+,25?,26?/m1/s1. The molecule has 2 fully saturated rings. The Morgan fingerprint density at radius 3 is 2.24 bits per heavy atom. The molecule has 2 aromatic rings. The fourth-order valence-corrected chi connectivity index (χ4v) is 3.81. The van der Waals surface area contributed by atoms with Crippen molar-refractivity contribution >= 4 is 0 Å². The van der Waals surface area contributed by atoms with Crippen LogP contribution in [-0.2, 0) is 41.6 Å². The number of hydrogen-bond donors (Lipinski definition) is 0. The molecule has 0 aliphatic carbocycles. The molecule has 176 valence electrons. The molecule has 0 aromatic heterocycles. The number of fused-ring (bicyclic) bond motifs is 1. The Morgan fingerprint density at radius 1 is 0.848 bits per heavy atom. The van der Waals surface area contributed by atoms with Gasteiger partial charge in [0.2, 0.25) is 0 Å². The van der Waals surface area contributed by atoms with Crippen LogP contribution in [0, 0.1) is 0 Å². The second-order valence-corrected chi connectivity index (χ2v) is 8.46. The zero-order valence-corrected chi connectivity index (χ0v) is 19.2. The van der Waals surface area contributed by atoms with E-state index in [4.69, 9.17) is 28.4 Å². The van der Waals surface area contributed by atoms with Gasteiger partial charge in [-0.15, -0.1) is 0 Å². The molecule has 0 amide bonds. The van der Waals surface area contributed by atoms with Crippen LogP contribution in [0.25, 0.3) is 0 Å². The molecule has 0 saturated carbocycles. The molecule has 0 bridgehead atoms. The van der Waals surface area contributed by atoms with E-state index in [1.54, 1.807) is 6.26 Å². The Bertz CT molecular complexity index is 895. The van der Waals surface area contributed by atoms with Crippen LogP contribution >= 0.6 is 0 Å². The highest BCUT2D eigenvalue weighted by Gasteiger charge is 2.54. The molecule has 2 saturated heterocycles. The average molecular weight is 453 g/mol. The van der Waals surface area contributed by atoms with E-state index in [0.29, 0.717) is 26.4 Å². The predicted octanol–water partition coefficient (Wildman–Crippen LogP) is 4.75. The SMILES string of the molecule is CC1(C)OC2O[C@H](/C=C/OC/C=C/COCc3ccccc3)[C@H](OCc3ccccc3)C2O1. The van der Waals surface area contributed by atoms with E-state index in [-0.39, 0.29) is 18.3 Å². The highest BCUT2D eigenvalue weighted by Crippen LogP contribution is 2.39. The van der Waals surface area contributed by atoms with Gasteiger partial charge in [-0.3, -0.25) is 0 Å². The smallest absolute Gasteiger partial charge is 0.190 e. The molecule has 4 atom stereocenters. The van der Waals surface area contributed by atoms with Crippen molar-refractivity contribution in [2.24, 2.45) is 0 Å². The summed E-state index contributed by atoms with van der Waals surface area (Å²) in [5, 5.41) is 0. The fraction of sp³-hybridized carbons (Fsp3) is 0.407. The summed E-state index contributed by atoms with van der Waals surface area (Å²) in [6, 6.07) is 20.2. The quantitative estimate of drug-likeness (QED) is 0.279. The maximum absolute atomic E-state index is 6.20. The first kappa shape index (κ1) is 23.7. The van der Waals surface area contributed by atoms with Gasteiger partial charge in [0.05, 0.1) is 26.1 Å². The van der Waals surface area contributed by atoms with E-state index in [1.807, 2.05) is 92.7 Å². The van der Waals surface area contributed by atoms with Gasteiger partial charge in [0.15, 0.2) is 12.1 Å². The maximum atomic E-state index is 6.20. The fourth-order valence-electron chi connectivity index (χ4n) is 3.81. The van der Waals surface area contributed by atoms with Crippen LogP contribution in [-0.4, -0.2) is 43.6 Å². The number of benzene rings is 2. The third-order valence-electron chi connectivity index (χ3n) is 5.36. The van der Waals surface area contributed by atoms with Crippen molar-refractivity contribution in [1.82, 2.24) is 0 Å². The Morgan fingerprint density at radius 2 is 1.52 bits per heavy atom. The van der Waals surface area contributed by atoms with Gasteiger partial charge in [-0.05, 0) is 37.1 Å². The maximum Gasteiger partial charge on any atom is 0.190 e. The first-order valence-electron chi connectivity index (χ1n) is 11.3. The minimum Gasteiger partial charge on any atom is -0.497 e. The normalized spacial score (nSPS) is 26.2. The van der Waals surface area contributed by atoms with Crippen LogP contribution in [0.3, 0.4) is 0 Å². The molecule has 2 heterocycles. The lowest BCUT2D eigenvalue weighted by Gasteiger charge is -2.24. The second-order valence-electron chi connectivity index (χ2n) is 8.46. The minimum atomic E-state index is -0.692. The molecule has 2 unspecified atom stereocenters. The van der Waals surface area contributed by atoms with Crippen LogP contribution in [0.1, 0.15) is 25.0 Å². The van der Waals surface area contributed by atoms with Crippen LogP contribution in [0.4, 0.5) is 0 Å². The molecular weight excluding hydrogens is 420 g/mol. The van der Waals surface area contributed by atoms with Crippen molar-refractivity contribution in [3.05, 3.63) is 96.3 Å². The van der Waals surface area contributed by atoms with E-state index in [9.17, 15) is 0 Å². The van der Waals surface area contributed by atoms with Crippen LogP contribution < -0.4 is 0 Å². The van der Waals surface area contributed by atoms with Crippen molar-refractivity contribution in [2.75, 3.05) is 13.2 Å². The summed E-state index contributed by atoms with van der Waals surface area (Å²) in [5.74, 6) is -0.692. The Hall–Kier alpha value is -2.48. The van der Waals surface area contributed by atoms with Gasteiger partial charge in [-0.25, -0.2) is 0 Å². The Balaban J connectivity index is 1.21. The zero-order valence-electron chi connectivity index (χ0n) is 19.2. The lowest BCUT2D eigenvalue weighted by Crippen LogP contribution is -2.36. The summed E-state index contributed by atoms with van der Waals surface area (Å²) in [4.78, 5) is 0. The van der Waals surface area contributed by atoms with Crippen LogP contribution in [0.15, 0.2) is 85.2 Å². The molecule has 4 rings (SSSR count). The zero-order chi connectivity index (χ0) is 22.9. The summed E-state index contributed by atoms with van der Waals surface area (Å²) in [5.41, 5.74) is 2.25. The van der Waals surface area contributed by atoms with Crippen molar-refractivity contribution in [2.45, 2.75) is 57.5 Å². The molecular formula is C27H32O6. The van der Waals surface area contributed by atoms with Gasteiger partial charge in [0.25, 0.3) is 0 Å². The van der Waals surface area contributed by atoms with E-state index < -0.39 is 12.1 Å². The molecule has 2 aliphatic heterocycles. The van der Waals surface area contributed by atoms with E-state index in [0.717, 1.165) is 11.1 Å². The number of ether oxygens (including phenoxy) is 6. The van der Waals surface area contributed by atoms with Crippen molar-refractivity contribution in [3.8, 4) is 0 Å². The highest BCUT2D eigenvalue weighted by molar-refractivity contribution is 5.14. The Kier molecular flexibility index (Phi) is 8.31. The van der Waals surface area contributed by atoms with Gasteiger partial charge in [0, 0.05) is 0 Å². The molecule has 2 aromatic carbocycles. The highest BCUT2D eigenvalue weighted by atomic mass is 16.8. The number of hydrogen-bond acceptors (Lipinski definition) is 6. The molecule has 6 heteroatoms. The summed E-state index contributed by atoms with van der Waals surface area (Å²) in [7, 11) is 0. The predicted molar refractivity (Wildman–Crippen MR) is 124 cm³/mol. The first-order valence-corrected chi connectivity index (χ1v) is 11.3. The molecule has 6 nitrogen and oxygen atoms in total. The first-order chi connectivity index (χ1) is 16.1. The lowest BCUT2D eigenvalue weighted by molar-refractivity contribution is -0.213. The summed E-state index contributed by atoms with van der Waals surface area (Å²) >= 11 is 0. The second kappa shape index (κ2) is 11.6. The number of rotatable bonds is 11. The summed E-state index contributed by atoms with van der Waals surface area (Å²) in [6.45, 7) is 5.81. The third kappa shape index (κ3) is 7.00. The molecule has 0 N–H and O–H groups in total. The van der Waals surface area contributed by atoms with Crippen molar-refractivity contribution in [3.63, 3.8) is 0 Å². The summed E-state index contributed by atoms with van der Waals surface area (Å²) in [6.07, 6.45) is 6.01. The third-order valence-corrected chi connectivity index (χ3v) is 5.36. The van der Waals surface area contributed by atoms with Gasteiger partial charge >= 0.3 is 0 Å².